The molecule has 1 atom stereocenters. The van der Waals surface area contributed by atoms with Crippen molar-refractivity contribution in [3.05, 3.63) is 21.7 Å². The number of hydrogen-bond donors (Lipinski definition) is 0. The number of rotatable bonds is 3. The Balaban J connectivity index is 3.59. The van der Waals surface area contributed by atoms with Crippen LogP contribution in [0, 0.1) is 11.3 Å². The van der Waals surface area contributed by atoms with Crippen LogP contribution in [0.15, 0.2) is 26.7 Å². The minimum Gasteiger partial charge on any atom is -0.466 e. The van der Waals surface area contributed by atoms with Crippen molar-refractivity contribution in [1.29, 1.82) is 0 Å². The van der Waals surface area contributed by atoms with Crippen LogP contribution in [0.5, 0.6) is 0 Å². The molecule has 118 valence electrons. The Morgan fingerprint density at radius 2 is 2.05 bits per heavy atom. The molecule has 0 saturated carbocycles. The van der Waals surface area contributed by atoms with Gasteiger partial charge in [0.15, 0.2) is 0 Å². The highest BCUT2D eigenvalue weighted by Crippen LogP contribution is 2.44. The minimum atomic E-state index is -0.335. The highest BCUT2D eigenvalue weighted by molar-refractivity contribution is 9.12. The molecule has 0 amide bonds. The van der Waals surface area contributed by atoms with Gasteiger partial charge < -0.3 is 4.74 Å². The van der Waals surface area contributed by atoms with E-state index in [1.54, 1.807) is 0 Å². The summed E-state index contributed by atoms with van der Waals surface area (Å²) in [5.74, 6) is -0.120. The summed E-state index contributed by atoms with van der Waals surface area (Å²) in [6.45, 7) is 12.5. The largest absolute Gasteiger partial charge is 0.466 e. The van der Waals surface area contributed by atoms with E-state index in [1.165, 1.54) is 7.11 Å². The average Bonchev–Trinajstić information content (AvgIpc) is 2.46. The van der Waals surface area contributed by atoms with Crippen LogP contribution >= 0.6 is 15.9 Å². The lowest BCUT2D eigenvalue weighted by Gasteiger charge is -2.33. The van der Waals surface area contributed by atoms with Gasteiger partial charge in [0.05, 0.1) is 7.11 Å². The van der Waals surface area contributed by atoms with Crippen LogP contribution in [0.3, 0.4) is 0 Å². The van der Waals surface area contributed by atoms with E-state index >= 15 is 0 Å². The maximum Gasteiger partial charge on any atom is 0.334 e. The van der Waals surface area contributed by atoms with Crippen LogP contribution in [0.4, 0.5) is 0 Å². The molecule has 0 spiro atoms. The number of carbonyl (C=O) groups is 1. The number of ether oxygens (including phenoxy) is 1. The van der Waals surface area contributed by atoms with Crippen molar-refractivity contribution in [2.24, 2.45) is 16.3 Å². The van der Waals surface area contributed by atoms with E-state index in [2.05, 4.69) is 63.5 Å². The standard InChI is InChI=1S/C17H26BrNO2/c1-8-12-13(18)9-14(19-10(2)3)11(4)17(5,6)15(12)16(20)21-7/h9-11H,8H2,1-7H3. The van der Waals surface area contributed by atoms with Crippen molar-refractivity contribution in [3.63, 3.8) is 0 Å². The molecule has 0 aromatic heterocycles. The summed E-state index contributed by atoms with van der Waals surface area (Å²) in [7, 11) is 1.44. The van der Waals surface area contributed by atoms with Gasteiger partial charge in [-0.15, -0.1) is 0 Å². The van der Waals surface area contributed by atoms with E-state index in [0.717, 1.165) is 27.8 Å². The van der Waals surface area contributed by atoms with E-state index in [-0.39, 0.29) is 23.3 Å². The molecular weight excluding hydrogens is 330 g/mol. The molecule has 0 heterocycles. The fraction of sp³-hybridized carbons (Fsp3) is 0.647. The molecule has 0 radical (unpaired) electrons. The Labute approximate surface area is 136 Å². The Kier molecular flexibility index (Phi) is 5.97. The summed E-state index contributed by atoms with van der Waals surface area (Å²) in [6, 6.07) is 0.222. The topological polar surface area (TPSA) is 38.7 Å². The predicted molar refractivity (Wildman–Crippen MR) is 91.9 cm³/mol. The van der Waals surface area contributed by atoms with Crippen molar-refractivity contribution < 1.29 is 9.53 Å². The van der Waals surface area contributed by atoms with Gasteiger partial charge in [0.1, 0.15) is 0 Å². The first-order valence-electron chi connectivity index (χ1n) is 7.43. The van der Waals surface area contributed by atoms with Crippen LogP contribution in [-0.2, 0) is 9.53 Å². The molecule has 21 heavy (non-hydrogen) atoms. The molecule has 3 nitrogen and oxygen atoms in total. The Morgan fingerprint density at radius 1 is 1.48 bits per heavy atom. The number of allylic oxidation sites excluding steroid dienone is 3. The third-order valence-corrected chi connectivity index (χ3v) is 4.89. The molecule has 0 fully saturated rings. The second-order valence-electron chi connectivity index (χ2n) is 6.28. The van der Waals surface area contributed by atoms with Gasteiger partial charge in [0, 0.05) is 33.1 Å². The second kappa shape index (κ2) is 6.91. The van der Waals surface area contributed by atoms with Gasteiger partial charge in [-0.05, 0) is 31.9 Å². The van der Waals surface area contributed by atoms with Crippen molar-refractivity contribution in [3.8, 4) is 0 Å². The number of halogens is 1. The van der Waals surface area contributed by atoms with Crippen LogP contribution in [0.25, 0.3) is 0 Å². The molecule has 0 bridgehead atoms. The third-order valence-electron chi connectivity index (χ3n) is 4.19. The molecule has 0 aliphatic heterocycles. The smallest absolute Gasteiger partial charge is 0.334 e. The van der Waals surface area contributed by atoms with Crippen LogP contribution < -0.4 is 0 Å². The molecule has 1 aliphatic carbocycles. The van der Waals surface area contributed by atoms with E-state index in [4.69, 9.17) is 9.73 Å². The highest BCUT2D eigenvalue weighted by atomic mass is 79.9. The fourth-order valence-electron chi connectivity index (χ4n) is 2.72. The maximum absolute atomic E-state index is 12.4. The van der Waals surface area contributed by atoms with Gasteiger partial charge in [-0.25, -0.2) is 4.79 Å². The molecule has 4 heteroatoms. The van der Waals surface area contributed by atoms with Crippen molar-refractivity contribution in [2.45, 2.75) is 54.0 Å². The number of hydrogen-bond acceptors (Lipinski definition) is 3. The molecule has 0 saturated heterocycles. The molecule has 0 N–H and O–H groups in total. The van der Waals surface area contributed by atoms with Gasteiger partial charge in [-0.1, -0.05) is 43.6 Å². The number of carbonyl (C=O) groups excluding carboxylic acids is 1. The lowest BCUT2D eigenvalue weighted by atomic mass is 9.71. The molecule has 0 aromatic carbocycles. The van der Waals surface area contributed by atoms with Gasteiger partial charge in [0.2, 0.25) is 0 Å². The molecule has 1 rings (SSSR count). The first-order valence-corrected chi connectivity index (χ1v) is 8.23. The van der Waals surface area contributed by atoms with Gasteiger partial charge in [-0.2, -0.15) is 0 Å². The first-order chi connectivity index (χ1) is 9.66. The van der Waals surface area contributed by atoms with E-state index in [9.17, 15) is 4.79 Å². The van der Waals surface area contributed by atoms with Crippen molar-refractivity contribution >= 4 is 27.6 Å². The van der Waals surface area contributed by atoms with Crippen LogP contribution in [0.2, 0.25) is 0 Å². The molecule has 0 aromatic rings. The first kappa shape index (κ1) is 18.1. The van der Waals surface area contributed by atoms with Crippen molar-refractivity contribution in [2.75, 3.05) is 7.11 Å². The quantitative estimate of drug-likeness (QED) is 0.690. The summed E-state index contributed by atoms with van der Waals surface area (Å²) in [6.07, 6.45) is 2.83. The summed E-state index contributed by atoms with van der Waals surface area (Å²) in [5.41, 5.74) is 2.44. The lowest BCUT2D eigenvalue weighted by molar-refractivity contribution is -0.137. The van der Waals surface area contributed by atoms with Gasteiger partial charge in [-0.3, -0.25) is 4.99 Å². The van der Waals surface area contributed by atoms with Crippen LogP contribution in [-0.4, -0.2) is 24.8 Å². The zero-order chi connectivity index (χ0) is 16.4. The third kappa shape index (κ3) is 3.65. The van der Waals surface area contributed by atoms with Crippen LogP contribution in [0.1, 0.15) is 48.0 Å². The molecule has 1 unspecified atom stereocenters. The number of nitrogens with zero attached hydrogens (tertiary/aromatic N) is 1. The Morgan fingerprint density at radius 3 is 2.48 bits per heavy atom. The van der Waals surface area contributed by atoms with E-state index < -0.39 is 0 Å². The molecular formula is C17H26BrNO2. The second-order valence-corrected chi connectivity index (χ2v) is 7.14. The average molecular weight is 356 g/mol. The maximum atomic E-state index is 12.4. The van der Waals surface area contributed by atoms with Gasteiger partial charge in [0.25, 0.3) is 0 Å². The number of aliphatic imine (C=N–C) groups is 1. The van der Waals surface area contributed by atoms with Gasteiger partial charge >= 0.3 is 5.97 Å². The normalized spacial score (nSPS) is 24.1. The summed E-state index contributed by atoms with van der Waals surface area (Å²) in [5, 5.41) is 0. The van der Waals surface area contributed by atoms with E-state index in [0.29, 0.717) is 0 Å². The SMILES string of the molecule is CCC1=C(C(=O)OC)C(C)(C)C(C)C(=NC(C)C)C=C1Br. The Hall–Kier alpha value is -0.900. The van der Waals surface area contributed by atoms with Crippen molar-refractivity contribution in [1.82, 2.24) is 0 Å². The summed E-state index contributed by atoms with van der Waals surface area (Å²) < 4.78 is 5.97. The minimum absolute atomic E-state index is 0.130. The van der Waals surface area contributed by atoms with E-state index in [1.807, 2.05) is 0 Å². The monoisotopic (exact) mass is 355 g/mol. The molecule has 1 aliphatic rings. The number of esters is 1. The highest BCUT2D eigenvalue weighted by Gasteiger charge is 2.40. The fourth-order valence-corrected chi connectivity index (χ4v) is 3.43. The summed E-state index contributed by atoms with van der Waals surface area (Å²) >= 11 is 3.63. The predicted octanol–water partition coefficient (Wildman–Crippen LogP) is 4.67. The Bertz CT molecular complexity index is 513. The lowest BCUT2D eigenvalue weighted by Crippen LogP contribution is -2.33. The number of methoxy groups -OCH3 is 1. The zero-order valence-corrected chi connectivity index (χ0v) is 15.7. The summed E-state index contributed by atoms with van der Waals surface area (Å²) in [4.78, 5) is 17.1. The zero-order valence-electron chi connectivity index (χ0n) is 14.1.